The SMILES string of the molecule is O=C(O)C=Cc1ccc(Cn2ccsc2=O)s1. The van der Waals surface area contributed by atoms with Gasteiger partial charge in [0.2, 0.25) is 0 Å². The number of nitrogens with zero attached hydrogens (tertiary/aromatic N) is 1. The summed E-state index contributed by atoms with van der Waals surface area (Å²) in [6.07, 6.45) is 4.40. The summed E-state index contributed by atoms with van der Waals surface area (Å²) >= 11 is 2.64. The van der Waals surface area contributed by atoms with Crippen molar-refractivity contribution in [2.24, 2.45) is 0 Å². The molecule has 0 bridgehead atoms. The van der Waals surface area contributed by atoms with E-state index in [0.717, 1.165) is 27.2 Å². The molecule has 2 aromatic rings. The Bertz CT molecular complexity index is 606. The fourth-order valence-electron chi connectivity index (χ4n) is 1.30. The van der Waals surface area contributed by atoms with Crippen molar-refractivity contribution >= 4 is 34.7 Å². The topological polar surface area (TPSA) is 59.3 Å². The van der Waals surface area contributed by atoms with Crippen molar-refractivity contribution < 1.29 is 9.90 Å². The second kappa shape index (κ2) is 5.11. The zero-order valence-electron chi connectivity index (χ0n) is 8.70. The molecule has 2 aromatic heterocycles. The predicted molar refractivity (Wildman–Crippen MR) is 68.7 cm³/mol. The Balaban J connectivity index is 2.11. The van der Waals surface area contributed by atoms with E-state index in [1.54, 1.807) is 22.2 Å². The Hall–Kier alpha value is -1.66. The molecule has 4 nitrogen and oxygen atoms in total. The lowest BCUT2D eigenvalue weighted by Crippen LogP contribution is -2.11. The van der Waals surface area contributed by atoms with Crippen LogP contribution in [-0.2, 0) is 11.3 Å². The van der Waals surface area contributed by atoms with Crippen LogP contribution in [0.1, 0.15) is 9.75 Å². The van der Waals surface area contributed by atoms with Crippen LogP contribution in [0, 0.1) is 0 Å². The Labute approximate surface area is 105 Å². The molecule has 0 saturated carbocycles. The molecular formula is C11H9NO3S2. The van der Waals surface area contributed by atoms with Crippen LogP contribution in [0.2, 0.25) is 0 Å². The Morgan fingerprint density at radius 1 is 1.47 bits per heavy atom. The van der Waals surface area contributed by atoms with Gasteiger partial charge in [-0.1, -0.05) is 11.3 Å². The number of thiazole rings is 1. The number of carboxylic acids is 1. The van der Waals surface area contributed by atoms with Crippen LogP contribution in [-0.4, -0.2) is 15.6 Å². The summed E-state index contributed by atoms with van der Waals surface area (Å²) in [6.45, 7) is 0.536. The van der Waals surface area contributed by atoms with E-state index >= 15 is 0 Å². The third kappa shape index (κ3) is 3.15. The molecule has 0 unspecified atom stereocenters. The van der Waals surface area contributed by atoms with Gasteiger partial charge < -0.3 is 9.67 Å². The summed E-state index contributed by atoms with van der Waals surface area (Å²) in [7, 11) is 0. The Morgan fingerprint density at radius 2 is 2.29 bits per heavy atom. The third-order valence-electron chi connectivity index (χ3n) is 2.04. The van der Waals surface area contributed by atoms with Gasteiger partial charge in [-0.05, 0) is 18.2 Å². The highest BCUT2D eigenvalue weighted by atomic mass is 32.1. The number of thiophene rings is 1. The fraction of sp³-hybridized carbons (Fsp3) is 0.0909. The molecule has 0 saturated heterocycles. The molecule has 0 fully saturated rings. The first-order chi connectivity index (χ1) is 8.15. The van der Waals surface area contributed by atoms with Crippen molar-refractivity contribution in [2.45, 2.75) is 6.54 Å². The average molecular weight is 267 g/mol. The molecule has 1 N–H and O–H groups in total. The largest absolute Gasteiger partial charge is 0.478 e. The van der Waals surface area contributed by atoms with Gasteiger partial charge in [0, 0.05) is 27.4 Å². The lowest BCUT2D eigenvalue weighted by atomic mass is 10.4. The average Bonchev–Trinajstić information content (AvgIpc) is 2.87. The fourth-order valence-corrected chi connectivity index (χ4v) is 2.80. The van der Waals surface area contributed by atoms with Gasteiger partial charge in [0.15, 0.2) is 0 Å². The van der Waals surface area contributed by atoms with Crippen LogP contribution in [0.15, 0.2) is 34.6 Å². The van der Waals surface area contributed by atoms with Crippen LogP contribution in [0.25, 0.3) is 6.08 Å². The standard InChI is InChI=1S/C11H9NO3S2/c13-10(14)4-3-8-1-2-9(17-8)7-12-5-6-16-11(12)15/h1-6H,7H2,(H,13,14). The molecule has 0 radical (unpaired) electrons. The maximum absolute atomic E-state index is 11.3. The first kappa shape index (κ1) is 11.8. The molecular weight excluding hydrogens is 258 g/mol. The molecule has 0 aromatic carbocycles. The number of carbonyl (C=O) groups is 1. The van der Waals surface area contributed by atoms with Crippen LogP contribution < -0.4 is 4.87 Å². The maximum Gasteiger partial charge on any atom is 0.328 e. The van der Waals surface area contributed by atoms with E-state index in [1.165, 1.54) is 11.3 Å². The molecule has 0 amide bonds. The van der Waals surface area contributed by atoms with Crippen LogP contribution in [0.4, 0.5) is 0 Å². The van der Waals surface area contributed by atoms with E-state index in [9.17, 15) is 9.59 Å². The number of carboxylic acid groups (broad SMARTS) is 1. The van der Waals surface area contributed by atoms with Crippen molar-refractivity contribution in [2.75, 3.05) is 0 Å². The minimum Gasteiger partial charge on any atom is -0.478 e. The molecule has 0 aliphatic rings. The van der Waals surface area contributed by atoms with Gasteiger partial charge in [0.1, 0.15) is 0 Å². The van der Waals surface area contributed by atoms with Crippen molar-refractivity contribution in [3.63, 3.8) is 0 Å². The first-order valence-electron chi connectivity index (χ1n) is 4.79. The highest BCUT2D eigenvalue weighted by Crippen LogP contribution is 2.18. The normalized spacial score (nSPS) is 11.1. The zero-order valence-corrected chi connectivity index (χ0v) is 10.3. The van der Waals surface area contributed by atoms with Crippen LogP contribution in [0.5, 0.6) is 0 Å². The van der Waals surface area contributed by atoms with Gasteiger partial charge in [-0.15, -0.1) is 11.3 Å². The number of aliphatic carboxylic acids is 1. The molecule has 0 spiro atoms. The van der Waals surface area contributed by atoms with Gasteiger partial charge in [-0.25, -0.2) is 4.79 Å². The first-order valence-corrected chi connectivity index (χ1v) is 6.48. The summed E-state index contributed by atoms with van der Waals surface area (Å²) in [5.74, 6) is -0.964. The summed E-state index contributed by atoms with van der Waals surface area (Å²) in [5, 5.41) is 10.3. The van der Waals surface area contributed by atoms with E-state index in [0.29, 0.717) is 6.54 Å². The van der Waals surface area contributed by atoms with Crippen molar-refractivity contribution in [3.05, 3.63) is 49.2 Å². The quantitative estimate of drug-likeness (QED) is 0.863. The third-order valence-corrected chi connectivity index (χ3v) is 3.77. The monoisotopic (exact) mass is 267 g/mol. The van der Waals surface area contributed by atoms with E-state index in [2.05, 4.69) is 0 Å². The van der Waals surface area contributed by atoms with Crippen molar-refractivity contribution in [1.82, 2.24) is 4.57 Å². The van der Waals surface area contributed by atoms with Crippen molar-refractivity contribution in [3.8, 4) is 0 Å². The Morgan fingerprint density at radius 3 is 2.94 bits per heavy atom. The smallest absolute Gasteiger partial charge is 0.328 e. The van der Waals surface area contributed by atoms with E-state index in [4.69, 9.17) is 5.11 Å². The summed E-state index contributed by atoms with van der Waals surface area (Å²) in [4.78, 5) is 23.6. The van der Waals surface area contributed by atoms with Gasteiger partial charge in [0.05, 0.1) is 6.54 Å². The lowest BCUT2D eigenvalue weighted by Gasteiger charge is -1.96. The predicted octanol–water partition coefficient (Wildman–Crippen LogP) is 2.12. The highest BCUT2D eigenvalue weighted by molar-refractivity contribution is 7.12. The highest BCUT2D eigenvalue weighted by Gasteiger charge is 2.01. The van der Waals surface area contributed by atoms with Crippen LogP contribution in [0.3, 0.4) is 0 Å². The lowest BCUT2D eigenvalue weighted by molar-refractivity contribution is -0.131. The molecule has 6 heteroatoms. The van der Waals surface area contributed by atoms with E-state index in [1.807, 2.05) is 12.1 Å². The number of hydrogen-bond acceptors (Lipinski definition) is 4. The molecule has 2 heterocycles. The number of hydrogen-bond donors (Lipinski definition) is 1. The summed E-state index contributed by atoms with van der Waals surface area (Å²) in [6, 6.07) is 3.74. The molecule has 88 valence electrons. The minimum atomic E-state index is -0.964. The van der Waals surface area contributed by atoms with Gasteiger partial charge >= 0.3 is 10.8 Å². The van der Waals surface area contributed by atoms with Gasteiger partial charge in [0.25, 0.3) is 0 Å². The molecule has 0 aliphatic heterocycles. The molecule has 0 atom stereocenters. The summed E-state index contributed by atoms with van der Waals surface area (Å²) < 4.78 is 1.63. The minimum absolute atomic E-state index is 0.0148. The number of aromatic nitrogens is 1. The second-order valence-corrected chi connectivity index (χ2v) is 5.33. The summed E-state index contributed by atoms with van der Waals surface area (Å²) in [5.41, 5.74) is 0. The zero-order chi connectivity index (χ0) is 12.3. The van der Waals surface area contributed by atoms with Gasteiger partial charge in [-0.2, -0.15) is 0 Å². The van der Waals surface area contributed by atoms with Crippen LogP contribution >= 0.6 is 22.7 Å². The molecule has 17 heavy (non-hydrogen) atoms. The molecule has 2 rings (SSSR count). The maximum atomic E-state index is 11.3. The van der Waals surface area contributed by atoms with Crippen molar-refractivity contribution in [1.29, 1.82) is 0 Å². The van der Waals surface area contributed by atoms with Gasteiger partial charge in [-0.3, -0.25) is 4.79 Å². The van der Waals surface area contributed by atoms with E-state index in [-0.39, 0.29) is 4.87 Å². The van der Waals surface area contributed by atoms with E-state index < -0.39 is 5.97 Å². The molecule has 0 aliphatic carbocycles. The Kier molecular flexibility index (Phi) is 3.55. The second-order valence-electron chi connectivity index (χ2n) is 3.27. The number of rotatable bonds is 4.